The summed E-state index contributed by atoms with van der Waals surface area (Å²) in [5.74, 6) is -2.20. The van der Waals surface area contributed by atoms with Crippen LogP contribution in [0.4, 0.5) is 18.9 Å². The molecule has 0 radical (unpaired) electrons. The molecule has 4 nitrogen and oxygen atoms in total. The smallest absolute Gasteiger partial charge is 0.169 e. The van der Waals surface area contributed by atoms with Crippen LogP contribution >= 0.6 is 0 Å². The quantitative estimate of drug-likeness (QED) is 0.876. The maximum atomic E-state index is 14.1. The SMILES string of the molecule is COc1cc(F)c(N)cc1OC1CCOc2ccc(F)c(F)c21. The van der Waals surface area contributed by atoms with Gasteiger partial charge in [-0.25, -0.2) is 13.2 Å². The summed E-state index contributed by atoms with van der Waals surface area (Å²) >= 11 is 0. The monoisotopic (exact) mass is 325 g/mol. The molecular weight excluding hydrogens is 311 g/mol. The largest absolute Gasteiger partial charge is 0.493 e. The Morgan fingerprint density at radius 3 is 2.65 bits per heavy atom. The molecule has 2 aromatic rings. The standard InChI is InChI=1S/C16H14F3NO3/c1-21-13-6-9(18)10(20)7-14(13)23-12-4-5-22-11-3-2-8(17)16(19)15(11)12/h2-3,6-7,12H,4-5,20H2,1H3. The Balaban J connectivity index is 2.00. The van der Waals surface area contributed by atoms with Crippen LogP contribution in [0.5, 0.6) is 17.2 Å². The fraction of sp³-hybridized carbons (Fsp3) is 0.250. The molecule has 0 aromatic heterocycles. The number of nitrogens with two attached hydrogens (primary N) is 1. The first-order valence-corrected chi connectivity index (χ1v) is 6.91. The van der Waals surface area contributed by atoms with E-state index in [-0.39, 0.29) is 35.1 Å². The van der Waals surface area contributed by atoms with Crippen LogP contribution in [-0.4, -0.2) is 13.7 Å². The van der Waals surface area contributed by atoms with Gasteiger partial charge in [-0.05, 0) is 12.1 Å². The zero-order valence-electron chi connectivity index (χ0n) is 12.2. The molecule has 0 amide bonds. The fourth-order valence-electron chi connectivity index (χ4n) is 2.47. The van der Waals surface area contributed by atoms with Crippen molar-refractivity contribution in [3.63, 3.8) is 0 Å². The lowest BCUT2D eigenvalue weighted by Crippen LogP contribution is -2.21. The number of hydrogen-bond acceptors (Lipinski definition) is 4. The van der Waals surface area contributed by atoms with Gasteiger partial charge in [0.05, 0.1) is 25.0 Å². The van der Waals surface area contributed by atoms with Crippen molar-refractivity contribution in [1.82, 2.24) is 0 Å². The minimum atomic E-state index is -1.03. The van der Waals surface area contributed by atoms with E-state index in [1.54, 1.807) is 0 Å². The van der Waals surface area contributed by atoms with Gasteiger partial charge in [-0.3, -0.25) is 0 Å². The molecule has 0 aliphatic carbocycles. The number of benzene rings is 2. The van der Waals surface area contributed by atoms with Crippen molar-refractivity contribution in [2.24, 2.45) is 0 Å². The van der Waals surface area contributed by atoms with Crippen molar-refractivity contribution < 1.29 is 27.4 Å². The van der Waals surface area contributed by atoms with Gasteiger partial charge in [-0.2, -0.15) is 0 Å². The molecule has 0 saturated heterocycles. The summed E-state index contributed by atoms with van der Waals surface area (Å²) < 4.78 is 57.2. The number of anilines is 1. The second kappa shape index (κ2) is 5.91. The number of hydrogen-bond donors (Lipinski definition) is 1. The minimum absolute atomic E-state index is 0.0128. The summed E-state index contributed by atoms with van der Waals surface area (Å²) in [5.41, 5.74) is 5.38. The third-order valence-corrected chi connectivity index (χ3v) is 3.60. The van der Waals surface area contributed by atoms with Crippen molar-refractivity contribution in [2.45, 2.75) is 12.5 Å². The molecule has 1 aliphatic heterocycles. The van der Waals surface area contributed by atoms with Gasteiger partial charge in [0.1, 0.15) is 17.7 Å². The van der Waals surface area contributed by atoms with Gasteiger partial charge in [-0.1, -0.05) is 0 Å². The summed E-state index contributed by atoms with van der Waals surface area (Å²) in [6.07, 6.45) is -0.499. The molecule has 0 saturated carbocycles. The molecule has 2 aromatic carbocycles. The lowest BCUT2D eigenvalue weighted by molar-refractivity contribution is 0.126. The number of fused-ring (bicyclic) bond motifs is 1. The summed E-state index contributed by atoms with van der Waals surface area (Å²) in [6.45, 7) is 0.279. The van der Waals surface area contributed by atoms with E-state index < -0.39 is 23.6 Å². The summed E-state index contributed by atoms with van der Waals surface area (Å²) in [5, 5.41) is 0. The summed E-state index contributed by atoms with van der Waals surface area (Å²) in [4.78, 5) is 0. The molecule has 1 aliphatic rings. The van der Waals surface area contributed by atoms with E-state index in [2.05, 4.69) is 0 Å². The highest BCUT2D eigenvalue weighted by atomic mass is 19.2. The van der Waals surface area contributed by atoms with E-state index in [0.29, 0.717) is 6.42 Å². The molecular formula is C16H14F3NO3. The van der Waals surface area contributed by atoms with Crippen LogP contribution in [0.3, 0.4) is 0 Å². The molecule has 1 unspecified atom stereocenters. The van der Waals surface area contributed by atoms with Gasteiger partial charge in [0, 0.05) is 18.6 Å². The molecule has 1 heterocycles. The Hall–Kier alpha value is -2.57. The van der Waals surface area contributed by atoms with Gasteiger partial charge in [0.25, 0.3) is 0 Å². The van der Waals surface area contributed by atoms with Gasteiger partial charge < -0.3 is 19.9 Å². The number of nitrogen functional groups attached to an aromatic ring is 1. The molecule has 0 bridgehead atoms. The third-order valence-electron chi connectivity index (χ3n) is 3.60. The Labute approximate surface area is 130 Å². The van der Waals surface area contributed by atoms with Crippen molar-refractivity contribution in [1.29, 1.82) is 0 Å². The van der Waals surface area contributed by atoms with Crippen molar-refractivity contribution in [3.8, 4) is 17.2 Å². The Morgan fingerprint density at radius 1 is 1.13 bits per heavy atom. The molecule has 23 heavy (non-hydrogen) atoms. The minimum Gasteiger partial charge on any atom is -0.493 e. The topological polar surface area (TPSA) is 53.7 Å². The van der Waals surface area contributed by atoms with Crippen LogP contribution in [-0.2, 0) is 0 Å². The lowest BCUT2D eigenvalue weighted by Gasteiger charge is -2.27. The molecule has 1 atom stereocenters. The van der Waals surface area contributed by atoms with E-state index in [0.717, 1.165) is 12.1 Å². The summed E-state index contributed by atoms with van der Waals surface area (Å²) in [7, 11) is 1.34. The zero-order valence-corrected chi connectivity index (χ0v) is 12.2. The Morgan fingerprint density at radius 2 is 1.91 bits per heavy atom. The molecule has 122 valence electrons. The zero-order chi connectivity index (χ0) is 16.6. The van der Waals surface area contributed by atoms with Crippen LogP contribution in [0.25, 0.3) is 0 Å². The normalized spacial score (nSPS) is 16.4. The van der Waals surface area contributed by atoms with E-state index in [4.69, 9.17) is 19.9 Å². The maximum absolute atomic E-state index is 14.1. The Bertz CT molecular complexity index is 752. The van der Waals surface area contributed by atoms with E-state index >= 15 is 0 Å². The van der Waals surface area contributed by atoms with Crippen LogP contribution < -0.4 is 19.9 Å². The average molecular weight is 325 g/mol. The van der Waals surface area contributed by atoms with E-state index in [9.17, 15) is 13.2 Å². The average Bonchev–Trinajstić information content (AvgIpc) is 2.54. The first-order valence-electron chi connectivity index (χ1n) is 6.91. The molecule has 3 rings (SSSR count). The fourth-order valence-corrected chi connectivity index (χ4v) is 2.47. The van der Waals surface area contributed by atoms with E-state index in [1.165, 1.54) is 19.2 Å². The highest BCUT2D eigenvalue weighted by Crippen LogP contribution is 2.41. The predicted molar refractivity (Wildman–Crippen MR) is 77.2 cm³/mol. The molecule has 0 fully saturated rings. The number of ether oxygens (including phenoxy) is 3. The van der Waals surface area contributed by atoms with Crippen LogP contribution in [0.1, 0.15) is 18.1 Å². The predicted octanol–water partition coefficient (Wildman–Crippen LogP) is 3.60. The number of methoxy groups -OCH3 is 1. The van der Waals surface area contributed by atoms with Crippen LogP contribution in [0.15, 0.2) is 24.3 Å². The van der Waals surface area contributed by atoms with Gasteiger partial charge >= 0.3 is 0 Å². The van der Waals surface area contributed by atoms with E-state index in [1.807, 2.05) is 0 Å². The van der Waals surface area contributed by atoms with Crippen molar-refractivity contribution in [2.75, 3.05) is 19.5 Å². The second-order valence-electron chi connectivity index (χ2n) is 5.04. The third kappa shape index (κ3) is 2.74. The second-order valence-corrected chi connectivity index (χ2v) is 5.04. The van der Waals surface area contributed by atoms with Gasteiger partial charge in [0.15, 0.2) is 23.1 Å². The van der Waals surface area contributed by atoms with Crippen molar-refractivity contribution in [3.05, 3.63) is 47.3 Å². The lowest BCUT2D eigenvalue weighted by atomic mass is 10.0. The first kappa shape index (κ1) is 15.3. The van der Waals surface area contributed by atoms with Crippen LogP contribution in [0, 0.1) is 17.5 Å². The van der Waals surface area contributed by atoms with Crippen molar-refractivity contribution >= 4 is 5.69 Å². The molecule has 0 spiro atoms. The summed E-state index contributed by atoms with van der Waals surface area (Å²) in [6, 6.07) is 4.67. The maximum Gasteiger partial charge on any atom is 0.169 e. The van der Waals surface area contributed by atoms with Gasteiger partial charge in [-0.15, -0.1) is 0 Å². The number of halogens is 3. The highest BCUT2D eigenvalue weighted by Gasteiger charge is 2.29. The number of rotatable bonds is 3. The molecule has 7 heteroatoms. The highest BCUT2D eigenvalue weighted by molar-refractivity contribution is 5.53. The van der Waals surface area contributed by atoms with Gasteiger partial charge in [0.2, 0.25) is 0 Å². The first-order chi connectivity index (χ1) is 11.0. The molecule has 2 N–H and O–H groups in total. The van der Waals surface area contributed by atoms with Crippen LogP contribution in [0.2, 0.25) is 0 Å². The Kier molecular flexibility index (Phi) is 3.94.